The van der Waals surface area contributed by atoms with Crippen LogP contribution in [0.3, 0.4) is 0 Å². The highest BCUT2D eigenvalue weighted by molar-refractivity contribution is 9.15. The first kappa shape index (κ1) is 28.0. The number of rotatable bonds is 3. The molecule has 14 heteroatoms. The minimum absolute atomic E-state index is 0.0447. The maximum atomic E-state index is 13.4. The molecule has 2 atom stereocenters. The van der Waals surface area contributed by atoms with Crippen LogP contribution in [0.15, 0.2) is 87.5 Å². The van der Waals surface area contributed by atoms with E-state index in [1.54, 1.807) is 24.3 Å². The van der Waals surface area contributed by atoms with E-state index in [-0.39, 0.29) is 33.8 Å². The third-order valence-corrected chi connectivity index (χ3v) is 11.7. The van der Waals surface area contributed by atoms with Gasteiger partial charge in [0, 0.05) is 23.5 Å². The molecule has 0 aliphatic carbocycles. The molecule has 0 radical (unpaired) electrons. The van der Waals surface area contributed by atoms with E-state index < -0.39 is 23.3 Å². The number of hydrogen-bond acceptors (Lipinski definition) is 7. The van der Waals surface area contributed by atoms with Gasteiger partial charge in [-0.15, -0.1) is 0 Å². The van der Waals surface area contributed by atoms with Gasteiger partial charge in [-0.25, -0.2) is 14.9 Å². The number of ether oxygens (including phenoxy) is 1. The molecular formula is C27H12Br4N6O3S. The monoisotopic (exact) mass is 816 g/mol. The second-order valence-corrected chi connectivity index (χ2v) is 12.5. The van der Waals surface area contributed by atoms with Gasteiger partial charge in [-0.05, 0) is 106 Å². The Labute approximate surface area is 271 Å². The number of fused-ring (bicyclic) bond motifs is 2. The molecule has 3 aliphatic rings. The van der Waals surface area contributed by atoms with Crippen molar-refractivity contribution in [1.82, 2.24) is 0 Å². The lowest BCUT2D eigenvalue weighted by Crippen LogP contribution is -2.53. The van der Waals surface area contributed by atoms with Crippen molar-refractivity contribution in [3.8, 4) is 6.07 Å². The molecule has 41 heavy (non-hydrogen) atoms. The highest BCUT2D eigenvalue weighted by Crippen LogP contribution is 2.47. The van der Waals surface area contributed by atoms with E-state index >= 15 is 0 Å². The summed E-state index contributed by atoms with van der Waals surface area (Å²) in [6.07, 6.45) is -0.922. The highest BCUT2D eigenvalue weighted by atomic mass is 79.9. The summed E-state index contributed by atoms with van der Waals surface area (Å²) < 4.78 is 8.45. The van der Waals surface area contributed by atoms with Crippen LogP contribution in [0.2, 0.25) is 0 Å². The van der Waals surface area contributed by atoms with Crippen LogP contribution in [0.1, 0.15) is 37.9 Å². The Morgan fingerprint density at radius 3 is 2.02 bits per heavy atom. The topological polar surface area (TPSA) is 133 Å². The molecule has 3 aromatic rings. The van der Waals surface area contributed by atoms with Gasteiger partial charge in [0.25, 0.3) is 11.8 Å². The van der Waals surface area contributed by atoms with Crippen LogP contribution in [0.4, 0.5) is 5.69 Å². The summed E-state index contributed by atoms with van der Waals surface area (Å²) >= 11 is 18.9. The molecule has 2 amide bonds. The zero-order valence-electron chi connectivity index (χ0n) is 20.2. The van der Waals surface area contributed by atoms with Crippen molar-refractivity contribution in [2.45, 2.75) is 6.10 Å². The number of benzene rings is 3. The number of amides is 2. The molecular weight excluding hydrogens is 808 g/mol. The van der Waals surface area contributed by atoms with Crippen molar-refractivity contribution >= 4 is 116 Å². The Morgan fingerprint density at radius 1 is 0.878 bits per heavy atom. The summed E-state index contributed by atoms with van der Waals surface area (Å²) in [4.78, 5) is 40.8. The average molecular weight is 820 g/mol. The van der Waals surface area contributed by atoms with E-state index in [9.17, 15) is 14.9 Å². The van der Waals surface area contributed by atoms with E-state index in [0.29, 0.717) is 34.7 Å². The Morgan fingerprint density at radius 2 is 1.46 bits per heavy atom. The number of nitriles is 1. The van der Waals surface area contributed by atoms with Crippen LogP contribution in [0, 0.1) is 16.7 Å². The first-order chi connectivity index (χ1) is 19.6. The predicted molar refractivity (Wildman–Crippen MR) is 171 cm³/mol. The molecule has 0 saturated heterocycles. The summed E-state index contributed by atoms with van der Waals surface area (Å²) in [5.41, 5.74) is 6.68. The second-order valence-electron chi connectivity index (χ2n) is 8.96. The van der Waals surface area contributed by atoms with E-state index in [0.717, 1.165) is 4.90 Å². The minimum atomic E-state index is -1.59. The van der Waals surface area contributed by atoms with E-state index in [2.05, 4.69) is 84.8 Å². The molecule has 0 saturated carbocycles. The highest BCUT2D eigenvalue weighted by Gasteiger charge is 2.55. The molecule has 202 valence electrons. The molecule has 2 unspecified atom stereocenters. The maximum absolute atomic E-state index is 13.4. The molecule has 3 aromatic carbocycles. The summed E-state index contributed by atoms with van der Waals surface area (Å²) in [5, 5.41) is 10.3. The Balaban J connectivity index is 1.40. The number of halogens is 4. The van der Waals surface area contributed by atoms with Crippen molar-refractivity contribution < 1.29 is 14.3 Å². The van der Waals surface area contributed by atoms with Crippen molar-refractivity contribution in [2.75, 3.05) is 4.90 Å². The summed E-state index contributed by atoms with van der Waals surface area (Å²) in [6, 6.07) is 17.9. The molecule has 0 spiro atoms. The SMILES string of the molecule is N#CC12C(N)=NC(=S)N=C1N=C(c1ccc(N3C(=O)c4c(Br)c(Br)c(Br)c(Br)c4C3=O)cc1)OC2c1ccccc1. The minimum Gasteiger partial charge on any atom is -0.466 e. The first-order valence-electron chi connectivity index (χ1n) is 11.6. The van der Waals surface area contributed by atoms with E-state index in [1.165, 1.54) is 0 Å². The number of carbonyl (C=O) groups excluding carboxylic acids is 2. The molecule has 3 aliphatic heterocycles. The quantitative estimate of drug-likeness (QED) is 0.137. The fraction of sp³-hybridized carbons (Fsp3) is 0.0741. The van der Waals surface area contributed by atoms with Gasteiger partial charge in [0.15, 0.2) is 11.9 Å². The standard InChI is InChI=1S/C27H12Br4N6O3S/c28-16-14-15(17(29)19(31)18(16)30)23(39)37(22(14)38)13-8-6-12(7-9-13)21-34-25-27(10-32,24(33)35-26(41)36-25)20(40-21)11-4-2-1-3-5-11/h1-9,20H,(H2,33,35,41). The van der Waals surface area contributed by atoms with Crippen molar-refractivity contribution in [3.63, 3.8) is 0 Å². The largest absolute Gasteiger partial charge is 0.466 e. The predicted octanol–water partition coefficient (Wildman–Crippen LogP) is 6.62. The van der Waals surface area contributed by atoms with E-state index in [4.69, 9.17) is 22.7 Å². The van der Waals surface area contributed by atoms with Gasteiger partial charge in [-0.3, -0.25) is 9.59 Å². The third kappa shape index (κ3) is 4.17. The van der Waals surface area contributed by atoms with Crippen LogP contribution in [0.5, 0.6) is 0 Å². The molecule has 0 bridgehead atoms. The van der Waals surface area contributed by atoms with Gasteiger partial charge in [0.2, 0.25) is 16.4 Å². The number of nitrogens with zero attached hydrogens (tertiary/aromatic N) is 5. The molecule has 2 N–H and O–H groups in total. The maximum Gasteiger partial charge on any atom is 0.267 e. The van der Waals surface area contributed by atoms with Crippen LogP contribution in [-0.2, 0) is 4.74 Å². The summed E-state index contributed by atoms with van der Waals surface area (Å²) in [5.74, 6) is -0.778. The van der Waals surface area contributed by atoms with Gasteiger partial charge in [-0.2, -0.15) is 10.3 Å². The lowest BCUT2D eigenvalue weighted by Gasteiger charge is -2.39. The fourth-order valence-electron chi connectivity index (χ4n) is 4.78. The summed E-state index contributed by atoms with van der Waals surface area (Å²) in [6.45, 7) is 0. The number of anilines is 1. The smallest absolute Gasteiger partial charge is 0.267 e. The molecule has 0 fully saturated rings. The molecule has 9 nitrogen and oxygen atoms in total. The van der Waals surface area contributed by atoms with Crippen molar-refractivity contribution in [3.05, 3.63) is 94.7 Å². The molecule has 0 aromatic heterocycles. The average Bonchev–Trinajstić information content (AvgIpc) is 3.24. The number of amidine groups is 2. The Hall–Kier alpha value is -3.09. The number of hydrogen-bond donors (Lipinski definition) is 1. The van der Waals surface area contributed by atoms with Crippen LogP contribution in [-0.4, -0.2) is 34.5 Å². The Bertz CT molecular complexity index is 1810. The number of nitrogens with two attached hydrogens (primary N) is 1. The lowest BCUT2D eigenvalue weighted by atomic mass is 9.76. The van der Waals surface area contributed by atoms with Crippen molar-refractivity contribution in [1.29, 1.82) is 5.26 Å². The lowest BCUT2D eigenvalue weighted by molar-refractivity contribution is 0.0925. The number of imide groups is 1. The normalized spacial score (nSPS) is 21.3. The number of carbonyl (C=O) groups is 2. The Kier molecular flexibility index (Phi) is 7.06. The van der Waals surface area contributed by atoms with Gasteiger partial charge in [0.1, 0.15) is 5.84 Å². The van der Waals surface area contributed by atoms with Crippen molar-refractivity contribution in [2.24, 2.45) is 26.1 Å². The van der Waals surface area contributed by atoms with Crippen LogP contribution in [0.25, 0.3) is 0 Å². The van der Waals surface area contributed by atoms with Gasteiger partial charge in [-0.1, -0.05) is 30.3 Å². The number of aliphatic imine (C=N–C) groups is 3. The molecule has 3 heterocycles. The molecule has 6 rings (SSSR count). The van der Waals surface area contributed by atoms with Crippen LogP contribution >= 0.6 is 75.9 Å². The fourth-order valence-corrected chi connectivity index (χ4v) is 7.42. The zero-order chi connectivity index (χ0) is 29.2. The van der Waals surface area contributed by atoms with Gasteiger partial charge < -0.3 is 10.5 Å². The van der Waals surface area contributed by atoms with Gasteiger partial charge in [0.05, 0.1) is 22.9 Å². The third-order valence-electron chi connectivity index (χ3n) is 6.76. The van der Waals surface area contributed by atoms with Crippen LogP contribution < -0.4 is 10.6 Å². The second kappa shape index (κ2) is 10.3. The first-order valence-corrected chi connectivity index (χ1v) is 15.2. The summed E-state index contributed by atoms with van der Waals surface area (Å²) in [7, 11) is 0. The van der Waals surface area contributed by atoms with E-state index in [1.807, 2.05) is 30.3 Å². The zero-order valence-corrected chi connectivity index (χ0v) is 27.4. The number of thiocarbonyl (C=S) groups is 1. The van der Waals surface area contributed by atoms with Gasteiger partial charge >= 0.3 is 0 Å².